The van der Waals surface area contributed by atoms with Crippen LogP contribution in [-0.2, 0) is 24.0 Å². The van der Waals surface area contributed by atoms with E-state index < -0.39 is 17.3 Å². The van der Waals surface area contributed by atoms with Crippen LogP contribution in [-0.4, -0.2) is 80.7 Å². The minimum Gasteiger partial charge on any atom is -0.480 e. The van der Waals surface area contributed by atoms with Gasteiger partial charge < -0.3 is 15.3 Å². The summed E-state index contributed by atoms with van der Waals surface area (Å²) in [6.07, 6.45) is 5.15. The number of nitrogens with zero attached hydrogens (tertiary/aromatic N) is 2. The van der Waals surface area contributed by atoms with E-state index in [9.17, 15) is 24.0 Å². The number of carbonyl (C=O) groups is 5. The Bertz CT molecular complexity index is 807. The van der Waals surface area contributed by atoms with Gasteiger partial charge in [0.15, 0.2) is 0 Å². The molecule has 2 rings (SSSR count). The first-order chi connectivity index (χ1) is 16.4. The van der Waals surface area contributed by atoms with Crippen LogP contribution in [0.25, 0.3) is 0 Å². The molecule has 2 atom stereocenters. The van der Waals surface area contributed by atoms with Crippen LogP contribution >= 0.6 is 11.8 Å². The smallest absolute Gasteiger partial charge is 0.326 e. The van der Waals surface area contributed by atoms with E-state index in [0.717, 1.165) is 38.5 Å². The van der Waals surface area contributed by atoms with E-state index in [1.165, 1.54) is 35.5 Å². The number of hydrogen-bond acceptors (Lipinski definition) is 6. The molecule has 198 valence electrons. The molecule has 0 bridgehead atoms. The predicted molar refractivity (Wildman–Crippen MR) is 135 cm³/mol. The minimum absolute atomic E-state index is 0.0172. The van der Waals surface area contributed by atoms with E-state index in [0.29, 0.717) is 12.3 Å². The average Bonchev–Trinajstić information content (AvgIpc) is 3.10. The third-order valence-corrected chi connectivity index (χ3v) is 9.02. The summed E-state index contributed by atoms with van der Waals surface area (Å²) in [6, 6.07) is -0.915. The van der Waals surface area contributed by atoms with Gasteiger partial charge in [0, 0.05) is 43.6 Å². The number of nitrogens with one attached hydrogen (secondary N) is 1. The van der Waals surface area contributed by atoms with Gasteiger partial charge in [-0.25, -0.2) is 4.79 Å². The van der Waals surface area contributed by atoms with Crippen molar-refractivity contribution in [2.45, 2.75) is 95.9 Å². The molecule has 1 heterocycles. The third kappa shape index (κ3) is 7.69. The number of likely N-dealkylation sites (N-methyl/N-ethyl adjacent to an activating group) is 1. The molecule has 1 aliphatic heterocycles. The molecular weight excluding hydrogens is 470 g/mol. The van der Waals surface area contributed by atoms with E-state index in [1.807, 2.05) is 0 Å². The summed E-state index contributed by atoms with van der Waals surface area (Å²) in [5, 5.41) is 11.7. The molecule has 1 saturated heterocycles. The maximum Gasteiger partial charge on any atom is 0.326 e. The Balaban J connectivity index is 1.78. The number of thioether (sulfide) groups is 1. The second kappa shape index (κ2) is 12.7. The van der Waals surface area contributed by atoms with Crippen LogP contribution in [0.5, 0.6) is 0 Å². The summed E-state index contributed by atoms with van der Waals surface area (Å²) in [6.45, 7) is 8.06. The number of hydrogen-bond donors (Lipinski definition) is 2. The van der Waals surface area contributed by atoms with Crippen molar-refractivity contribution >= 4 is 41.4 Å². The molecule has 2 fully saturated rings. The molecule has 1 aliphatic carbocycles. The molecule has 1 saturated carbocycles. The maximum atomic E-state index is 12.8. The highest BCUT2D eigenvalue weighted by Crippen LogP contribution is 2.33. The second-order valence-electron chi connectivity index (χ2n) is 10.1. The van der Waals surface area contributed by atoms with E-state index in [1.54, 1.807) is 0 Å². The van der Waals surface area contributed by atoms with Crippen molar-refractivity contribution in [3.05, 3.63) is 0 Å². The lowest BCUT2D eigenvalue weighted by Gasteiger charge is -2.34. The lowest BCUT2D eigenvalue weighted by Crippen LogP contribution is -2.48. The summed E-state index contributed by atoms with van der Waals surface area (Å²) in [4.78, 5) is 63.8. The number of amides is 4. The number of carbonyl (C=O) groups excluding carboxylic acids is 4. The Labute approximate surface area is 212 Å². The SMILES string of the molecule is CCC(C)(CC)NC(=O)C1CCC(CN2C(=O)CC(SCCC(=O)N(C)[C@@H](C)C(=O)O)C2=O)CC1. The van der Waals surface area contributed by atoms with E-state index in [4.69, 9.17) is 5.11 Å². The third-order valence-electron chi connectivity index (χ3n) is 7.81. The summed E-state index contributed by atoms with van der Waals surface area (Å²) < 4.78 is 0. The number of likely N-dealkylation sites (tertiary alicyclic amines) is 1. The zero-order chi connectivity index (χ0) is 26.3. The fourth-order valence-corrected chi connectivity index (χ4v) is 5.62. The first-order valence-electron chi connectivity index (χ1n) is 12.7. The summed E-state index contributed by atoms with van der Waals surface area (Å²) in [5.41, 5.74) is -0.177. The molecule has 0 aromatic carbocycles. The Morgan fingerprint density at radius 2 is 1.77 bits per heavy atom. The average molecular weight is 512 g/mol. The summed E-state index contributed by atoms with van der Waals surface area (Å²) in [5.74, 6) is -1.13. The molecule has 1 unspecified atom stereocenters. The molecular formula is C25H41N3O6S. The largest absolute Gasteiger partial charge is 0.480 e. The molecule has 0 aromatic rings. The van der Waals surface area contributed by atoms with Gasteiger partial charge in [0.05, 0.1) is 5.25 Å². The molecule has 9 nitrogen and oxygen atoms in total. The molecule has 2 aliphatic rings. The topological polar surface area (TPSA) is 124 Å². The van der Waals surface area contributed by atoms with Gasteiger partial charge >= 0.3 is 5.97 Å². The highest BCUT2D eigenvalue weighted by molar-refractivity contribution is 8.00. The molecule has 10 heteroatoms. The van der Waals surface area contributed by atoms with Crippen LogP contribution in [0.15, 0.2) is 0 Å². The Morgan fingerprint density at radius 1 is 1.17 bits per heavy atom. The molecule has 0 spiro atoms. The van der Waals surface area contributed by atoms with Gasteiger partial charge in [-0.3, -0.25) is 24.1 Å². The van der Waals surface area contributed by atoms with Crippen LogP contribution in [0.3, 0.4) is 0 Å². The van der Waals surface area contributed by atoms with Crippen LogP contribution in [0.4, 0.5) is 0 Å². The Morgan fingerprint density at radius 3 is 2.31 bits per heavy atom. The second-order valence-corrected chi connectivity index (χ2v) is 11.5. The lowest BCUT2D eigenvalue weighted by atomic mass is 9.80. The van der Waals surface area contributed by atoms with Crippen LogP contribution < -0.4 is 5.32 Å². The zero-order valence-corrected chi connectivity index (χ0v) is 22.5. The zero-order valence-electron chi connectivity index (χ0n) is 21.7. The predicted octanol–water partition coefficient (Wildman–Crippen LogP) is 2.67. The fraction of sp³-hybridized carbons (Fsp3) is 0.800. The summed E-state index contributed by atoms with van der Waals surface area (Å²) >= 11 is 1.28. The van der Waals surface area contributed by atoms with Crippen molar-refractivity contribution in [1.29, 1.82) is 0 Å². The van der Waals surface area contributed by atoms with Gasteiger partial charge in [0.1, 0.15) is 6.04 Å². The maximum absolute atomic E-state index is 12.8. The van der Waals surface area contributed by atoms with Gasteiger partial charge in [-0.1, -0.05) is 13.8 Å². The number of rotatable bonds is 12. The minimum atomic E-state index is -1.07. The van der Waals surface area contributed by atoms with Crippen molar-refractivity contribution in [2.24, 2.45) is 11.8 Å². The van der Waals surface area contributed by atoms with Crippen molar-refractivity contribution in [3.63, 3.8) is 0 Å². The standard InChI is InChI=1S/C25H41N3O6S/c1-6-25(4,7-2)26-22(31)18-10-8-17(9-11-18)15-28-21(30)14-19(23(28)32)35-13-12-20(29)27(5)16(3)24(33)34/h16-19H,6-15H2,1-5H3,(H,26,31)(H,33,34)/t16-,17?,18?,19?/m0/s1. The molecule has 35 heavy (non-hydrogen) atoms. The Hall–Kier alpha value is -2.10. The number of carboxylic acids is 1. The normalized spacial score (nSPS) is 23.8. The van der Waals surface area contributed by atoms with Gasteiger partial charge in [-0.15, -0.1) is 11.8 Å². The number of imide groups is 1. The van der Waals surface area contributed by atoms with Crippen molar-refractivity contribution in [2.75, 3.05) is 19.3 Å². The van der Waals surface area contributed by atoms with Gasteiger partial charge in [-0.05, 0) is 58.3 Å². The van der Waals surface area contributed by atoms with Gasteiger partial charge in [0.2, 0.25) is 23.6 Å². The van der Waals surface area contributed by atoms with E-state index in [2.05, 4.69) is 26.1 Å². The van der Waals surface area contributed by atoms with Crippen molar-refractivity contribution in [1.82, 2.24) is 15.1 Å². The monoisotopic (exact) mass is 511 g/mol. The fourth-order valence-electron chi connectivity index (χ4n) is 4.51. The highest BCUT2D eigenvalue weighted by Gasteiger charge is 2.40. The van der Waals surface area contributed by atoms with Crippen LogP contribution in [0.2, 0.25) is 0 Å². The number of carboxylic acid groups (broad SMARTS) is 1. The van der Waals surface area contributed by atoms with Gasteiger partial charge in [0.25, 0.3) is 0 Å². The number of aliphatic carboxylic acids is 1. The molecule has 0 aromatic heterocycles. The Kier molecular flexibility index (Phi) is 10.6. The molecule has 0 radical (unpaired) electrons. The van der Waals surface area contributed by atoms with Crippen molar-refractivity contribution in [3.8, 4) is 0 Å². The first-order valence-corrected chi connectivity index (χ1v) is 13.7. The first kappa shape index (κ1) is 29.1. The lowest BCUT2D eigenvalue weighted by molar-refractivity contribution is -0.148. The van der Waals surface area contributed by atoms with E-state index >= 15 is 0 Å². The summed E-state index contributed by atoms with van der Waals surface area (Å²) in [7, 11) is 1.45. The van der Waals surface area contributed by atoms with E-state index in [-0.39, 0.29) is 53.8 Å². The highest BCUT2D eigenvalue weighted by atomic mass is 32.2. The van der Waals surface area contributed by atoms with Crippen molar-refractivity contribution < 1.29 is 29.1 Å². The molecule has 2 N–H and O–H groups in total. The molecule has 4 amide bonds. The van der Waals surface area contributed by atoms with Crippen LogP contribution in [0, 0.1) is 11.8 Å². The van der Waals surface area contributed by atoms with Crippen LogP contribution in [0.1, 0.15) is 79.1 Å². The van der Waals surface area contributed by atoms with Gasteiger partial charge in [-0.2, -0.15) is 0 Å². The quantitative estimate of drug-likeness (QED) is 0.386.